The second-order valence-electron chi connectivity index (χ2n) is 4.31. The molecule has 0 amide bonds. The number of aromatic nitrogens is 4. The summed E-state index contributed by atoms with van der Waals surface area (Å²) in [6.07, 6.45) is 1.68. The Labute approximate surface area is 126 Å². The van der Waals surface area contributed by atoms with Crippen LogP contribution in [0, 0.1) is 0 Å². The number of rotatable bonds is 7. The van der Waals surface area contributed by atoms with E-state index in [-0.39, 0.29) is 0 Å². The lowest BCUT2D eigenvalue weighted by molar-refractivity contribution is 0.488. The van der Waals surface area contributed by atoms with Crippen LogP contribution in [0.15, 0.2) is 58.3 Å². The van der Waals surface area contributed by atoms with Crippen molar-refractivity contribution < 1.29 is 4.42 Å². The monoisotopic (exact) mass is 301 g/mol. The molecule has 0 unspecified atom stereocenters. The number of thioether (sulfide) groups is 1. The topological polar surface area (TPSA) is 68.8 Å². The summed E-state index contributed by atoms with van der Waals surface area (Å²) in [5.74, 6) is 1.82. The molecule has 0 aliphatic carbocycles. The van der Waals surface area contributed by atoms with E-state index in [1.54, 1.807) is 22.7 Å². The molecule has 1 aromatic carbocycles. The maximum atomic E-state index is 5.26. The average molecular weight is 301 g/mol. The van der Waals surface area contributed by atoms with Crippen LogP contribution in [-0.4, -0.2) is 32.5 Å². The Kier molecular flexibility index (Phi) is 4.65. The van der Waals surface area contributed by atoms with Crippen molar-refractivity contribution in [2.75, 3.05) is 12.3 Å². The Morgan fingerprint density at radius 2 is 2.05 bits per heavy atom. The number of para-hydroxylation sites is 1. The number of nitrogens with zero attached hydrogens (tertiary/aromatic N) is 4. The van der Waals surface area contributed by atoms with Crippen LogP contribution < -0.4 is 5.32 Å². The van der Waals surface area contributed by atoms with Crippen LogP contribution in [0.1, 0.15) is 5.76 Å². The van der Waals surface area contributed by atoms with Gasteiger partial charge in [-0.15, -0.1) is 5.10 Å². The molecule has 0 fully saturated rings. The second kappa shape index (κ2) is 7.05. The van der Waals surface area contributed by atoms with Crippen molar-refractivity contribution >= 4 is 11.8 Å². The molecule has 108 valence electrons. The van der Waals surface area contributed by atoms with Gasteiger partial charge in [-0.3, -0.25) is 0 Å². The van der Waals surface area contributed by atoms with Gasteiger partial charge in [0.15, 0.2) is 0 Å². The molecule has 2 heterocycles. The third-order valence-electron chi connectivity index (χ3n) is 2.83. The van der Waals surface area contributed by atoms with Gasteiger partial charge in [-0.25, -0.2) is 0 Å². The van der Waals surface area contributed by atoms with Crippen LogP contribution >= 0.6 is 11.8 Å². The molecule has 1 N–H and O–H groups in total. The molecule has 0 atom stereocenters. The molecular formula is C14H15N5OS. The van der Waals surface area contributed by atoms with Gasteiger partial charge in [0.05, 0.1) is 18.5 Å². The molecule has 3 rings (SSSR count). The van der Waals surface area contributed by atoms with Gasteiger partial charge in [0.1, 0.15) is 5.76 Å². The minimum Gasteiger partial charge on any atom is -0.468 e. The Balaban J connectivity index is 1.49. The number of tetrazole rings is 1. The smallest absolute Gasteiger partial charge is 0.214 e. The molecular weight excluding hydrogens is 286 g/mol. The summed E-state index contributed by atoms with van der Waals surface area (Å²) < 4.78 is 7.00. The highest BCUT2D eigenvalue weighted by molar-refractivity contribution is 7.99. The van der Waals surface area contributed by atoms with Crippen LogP contribution in [0.25, 0.3) is 5.69 Å². The zero-order chi connectivity index (χ0) is 14.3. The van der Waals surface area contributed by atoms with Gasteiger partial charge in [-0.05, 0) is 34.7 Å². The maximum absolute atomic E-state index is 5.26. The summed E-state index contributed by atoms with van der Waals surface area (Å²) in [6, 6.07) is 13.7. The molecule has 0 bridgehead atoms. The summed E-state index contributed by atoms with van der Waals surface area (Å²) in [7, 11) is 0. The number of hydrogen-bond acceptors (Lipinski definition) is 6. The van der Waals surface area contributed by atoms with E-state index >= 15 is 0 Å². The van der Waals surface area contributed by atoms with E-state index in [1.807, 2.05) is 42.5 Å². The summed E-state index contributed by atoms with van der Waals surface area (Å²) in [5, 5.41) is 15.9. The van der Waals surface area contributed by atoms with Crippen molar-refractivity contribution in [3.63, 3.8) is 0 Å². The first-order valence-corrected chi connectivity index (χ1v) is 7.62. The molecule has 0 aliphatic rings. The fourth-order valence-electron chi connectivity index (χ4n) is 1.84. The van der Waals surface area contributed by atoms with E-state index in [9.17, 15) is 0 Å². The zero-order valence-electron chi connectivity index (χ0n) is 11.3. The normalized spacial score (nSPS) is 10.9. The highest BCUT2D eigenvalue weighted by Crippen LogP contribution is 2.17. The SMILES string of the molecule is c1ccc(-n2nnnc2SCCNCc2ccco2)cc1. The lowest BCUT2D eigenvalue weighted by atomic mass is 10.3. The van der Waals surface area contributed by atoms with Crippen LogP contribution in [0.4, 0.5) is 0 Å². The fourth-order valence-corrected chi connectivity index (χ4v) is 2.63. The summed E-state index contributed by atoms with van der Waals surface area (Å²) in [4.78, 5) is 0. The molecule has 3 aromatic rings. The zero-order valence-corrected chi connectivity index (χ0v) is 12.2. The van der Waals surface area contributed by atoms with E-state index < -0.39 is 0 Å². The van der Waals surface area contributed by atoms with Gasteiger partial charge in [0.2, 0.25) is 5.16 Å². The van der Waals surface area contributed by atoms with E-state index in [0.717, 1.165) is 35.4 Å². The van der Waals surface area contributed by atoms with Crippen molar-refractivity contribution in [1.82, 2.24) is 25.5 Å². The predicted molar refractivity (Wildman–Crippen MR) is 80.3 cm³/mol. The Bertz CT molecular complexity index is 653. The Morgan fingerprint density at radius 3 is 2.86 bits per heavy atom. The Morgan fingerprint density at radius 1 is 1.14 bits per heavy atom. The fraction of sp³-hybridized carbons (Fsp3) is 0.214. The van der Waals surface area contributed by atoms with E-state index in [1.165, 1.54) is 0 Å². The third kappa shape index (κ3) is 3.71. The highest BCUT2D eigenvalue weighted by atomic mass is 32.2. The van der Waals surface area contributed by atoms with E-state index in [0.29, 0.717) is 0 Å². The third-order valence-corrected chi connectivity index (χ3v) is 3.75. The van der Waals surface area contributed by atoms with Crippen molar-refractivity contribution in [3.05, 3.63) is 54.5 Å². The first kappa shape index (κ1) is 13.8. The van der Waals surface area contributed by atoms with Gasteiger partial charge in [0, 0.05) is 12.3 Å². The van der Waals surface area contributed by atoms with Crippen LogP contribution in [-0.2, 0) is 6.54 Å². The van der Waals surface area contributed by atoms with Crippen molar-refractivity contribution in [2.45, 2.75) is 11.7 Å². The minimum atomic E-state index is 0.733. The van der Waals surface area contributed by atoms with Gasteiger partial charge in [-0.1, -0.05) is 30.0 Å². The highest BCUT2D eigenvalue weighted by Gasteiger charge is 2.07. The molecule has 21 heavy (non-hydrogen) atoms. The first-order valence-electron chi connectivity index (χ1n) is 6.63. The van der Waals surface area contributed by atoms with Crippen molar-refractivity contribution in [3.8, 4) is 5.69 Å². The van der Waals surface area contributed by atoms with Crippen LogP contribution in [0.3, 0.4) is 0 Å². The molecule has 0 radical (unpaired) electrons. The largest absolute Gasteiger partial charge is 0.468 e. The molecule has 7 heteroatoms. The molecule has 6 nitrogen and oxygen atoms in total. The van der Waals surface area contributed by atoms with E-state index in [4.69, 9.17) is 4.42 Å². The molecule has 2 aromatic heterocycles. The first-order chi connectivity index (χ1) is 10.4. The maximum Gasteiger partial charge on any atom is 0.214 e. The number of benzene rings is 1. The van der Waals surface area contributed by atoms with Gasteiger partial charge < -0.3 is 9.73 Å². The minimum absolute atomic E-state index is 0.733. The standard InChI is InChI=1S/C14H15N5OS/c1-2-5-12(6-3-1)19-14(16-17-18-19)21-10-8-15-11-13-7-4-9-20-13/h1-7,9,15H,8,10-11H2. The molecule has 0 spiro atoms. The van der Waals surface area contributed by atoms with Crippen molar-refractivity contribution in [1.29, 1.82) is 0 Å². The molecule has 0 aliphatic heterocycles. The van der Waals surface area contributed by atoms with Gasteiger partial charge >= 0.3 is 0 Å². The number of nitrogens with one attached hydrogen (secondary N) is 1. The average Bonchev–Trinajstić information content (AvgIpc) is 3.19. The van der Waals surface area contributed by atoms with Crippen LogP contribution in [0.2, 0.25) is 0 Å². The lowest BCUT2D eigenvalue weighted by Crippen LogP contribution is -2.16. The quantitative estimate of drug-likeness (QED) is 0.532. The summed E-state index contributed by atoms with van der Waals surface area (Å²) >= 11 is 1.62. The van der Waals surface area contributed by atoms with Crippen LogP contribution in [0.5, 0.6) is 0 Å². The van der Waals surface area contributed by atoms with Gasteiger partial charge in [-0.2, -0.15) is 4.68 Å². The van der Waals surface area contributed by atoms with Crippen molar-refractivity contribution in [2.24, 2.45) is 0 Å². The number of furan rings is 1. The molecule has 0 saturated carbocycles. The Hall–Kier alpha value is -2.12. The summed E-state index contributed by atoms with van der Waals surface area (Å²) in [5.41, 5.74) is 0.966. The predicted octanol–water partition coefficient (Wildman–Crippen LogP) is 2.14. The summed E-state index contributed by atoms with van der Waals surface area (Å²) in [6.45, 7) is 1.59. The lowest BCUT2D eigenvalue weighted by Gasteiger charge is -2.04. The van der Waals surface area contributed by atoms with E-state index in [2.05, 4.69) is 20.8 Å². The number of hydrogen-bond donors (Lipinski definition) is 1. The molecule has 0 saturated heterocycles. The van der Waals surface area contributed by atoms with Gasteiger partial charge in [0.25, 0.3) is 0 Å². The second-order valence-corrected chi connectivity index (χ2v) is 5.38.